The Bertz CT molecular complexity index is 1190. The molecule has 0 saturated carbocycles. The first-order chi connectivity index (χ1) is 17.3. The maximum Gasteiger partial charge on any atom is 0.458 e. The summed E-state index contributed by atoms with van der Waals surface area (Å²) in [4.78, 5) is 21.8. The molecule has 1 saturated heterocycles. The van der Waals surface area contributed by atoms with Crippen LogP contribution in [0.3, 0.4) is 0 Å². The van der Waals surface area contributed by atoms with E-state index in [1.165, 1.54) is 36.3 Å². The van der Waals surface area contributed by atoms with Crippen LogP contribution < -0.4 is 15.5 Å². The molecule has 3 aliphatic heterocycles. The summed E-state index contributed by atoms with van der Waals surface area (Å²) in [7, 11) is 0. The first-order valence-electron chi connectivity index (χ1n) is 11.3. The highest BCUT2D eigenvalue weighted by molar-refractivity contribution is 6.43. The second kappa shape index (κ2) is 10.3. The van der Waals surface area contributed by atoms with Gasteiger partial charge in [-0.3, -0.25) is 9.59 Å². The van der Waals surface area contributed by atoms with E-state index in [0.29, 0.717) is 16.0 Å². The van der Waals surface area contributed by atoms with Crippen LogP contribution in [0.4, 0.5) is 43.4 Å². The molecule has 13 heteroatoms. The molecule has 1 fully saturated rings. The van der Waals surface area contributed by atoms with Crippen molar-refractivity contribution in [3.63, 3.8) is 0 Å². The molecule has 37 heavy (non-hydrogen) atoms. The number of Topliss-reactive ketones (excluding diaryl/α,β-unsaturated/α-hetero) is 2. The van der Waals surface area contributed by atoms with Crippen molar-refractivity contribution < 1.29 is 35.9 Å². The van der Waals surface area contributed by atoms with Crippen molar-refractivity contribution in [3.05, 3.63) is 51.5 Å². The summed E-state index contributed by atoms with van der Waals surface area (Å²) in [6.45, 7) is 4.61. The van der Waals surface area contributed by atoms with Gasteiger partial charge in [0.2, 0.25) is 0 Å². The lowest BCUT2D eigenvalue weighted by Crippen LogP contribution is -2.41. The Balaban J connectivity index is 0.000000229. The van der Waals surface area contributed by atoms with Gasteiger partial charge in [0.25, 0.3) is 0 Å². The minimum absolute atomic E-state index is 0.581. The number of aryl methyl sites for hydroxylation is 1. The SMILES string of the molecule is Clc1cccc(Nc2cc3c4c(c2)[C@@H]2CNC[C@@H]2CN4CCC3)c1Cl.O=C(C(=O)C(F)(F)F)C(F)(F)F. The predicted molar refractivity (Wildman–Crippen MR) is 128 cm³/mol. The smallest absolute Gasteiger partial charge is 0.371 e. The number of hydrogen-bond acceptors (Lipinski definition) is 5. The Hall–Kier alpha value is -2.50. The lowest BCUT2D eigenvalue weighted by Gasteiger charge is -2.42. The normalized spacial score (nSPS) is 20.4. The van der Waals surface area contributed by atoms with Crippen molar-refractivity contribution in [1.82, 2.24) is 5.32 Å². The first kappa shape index (κ1) is 27.5. The molecule has 200 valence electrons. The Labute approximate surface area is 218 Å². The van der Waals surface area contributed by atoms with Crippen LogP contribution in [0.1, 0.15) is 23.5 Å². The molecule has 0 aromatic heterocycles. The van der Waals surface area contributed by atoms with Crippen LogP contribution in [0.25, 0.3) is 0 Å². The van der Waals surface area contributed by atoms with E-state index in [0.717, 1.165) is 36.8 Å². The highest BCUT2D eigenvalue weighted by Gasteiger charge is 2.54. The number of ketones is 2. The van der Waals surface area contributed by atoms with Gasteiger partial charge in [-0.15, -0.1) is 0 Å². The number of carbonyl (C=O) groups excluding carboxylic acids is 2. The van der Waals surface area contributed by atoms with Gasteiger partial charge in [0, 0.05) is 43.5 Å². The minimum atomic E-state index is -5.77. The van der Waals surface area contributed by atoms with Gasteiger partial charge in [0.05, 0.1) is 15.7 Å². The van der Waals surface area contributed by atoms with Crippen LogP contribution in [-0.2, 0) is 16.0 Å². The molecule has 5 nitrogen and oxygen atoms in total. The number of nitrogens with zero attached hydrogens (tertiary/aromatic N) is 1. The number of anilines is 3. The second-order valence-electron chi connectivity index (χ2n) is 9.03. The molecular weight excluding hydrogens is 547 g/mol. The Morgan fingerprint density at radius 2 is 1.68 bits per heavy atom. The second-order valence-corrected chi connectivity index (χ2v) is 9.81. The van der Waals surface area contributed by atoms with E-state index in [9.17, 15) is 35.9 Å². The fourth-order valence-electron chi connectivity index (χ4n) is 4.99. The van der Waals surface area contributed by atoms with Crippen LogP contribution >= 0.6 is 23.2 Å². The topological polar surface area (TPSA) is 61.4 Å². The summed E-state index contributed by atoms with van der Waals surface area (Å²) in [6.07, 6.45) is -9.15. The molecule has 0 unspecified atom stereocenters. The quantitative estimate of drug-likeness (QED) is 0.349. The van der Waals surface area contributed by atoms with Crippen molar-refractivity contribution in [2.45, 2.75) is 31.1 Å². The average molecular weight is 568 g/mol. The fourth-order valence-corrected chi connectivity index (χ4v) is 5.34. The van der Waals surface area contributed by atoms with Crippen LogP contribution in [0.2, 0.25) is 10.0 Å². The Kier molecular flexibility index (Phi) is 7.69. The van der Waals surface area contributed by atoms with Gasteiger partial charge in [0.15, 0.2) is 0 Å². The van der Waals surface area contributed by atoms with E-state index >= 15 is 0 Å². The summed E-state index contributed by atoms with van der Waals surface area (Å²) >= 11 is 12.5. The van der Waals surface area contributed by atoms with Crippen molar-refractivity contribution in [1.29, 1.82) is 0 Å². The van der Waals surface area contributed by atoms with Gasteiger partial charge in [-0.25, -0.2) is 0 Å². The van der Waals surface area contributed by atoms with Gasteiger partial charge >= 0.3 is 23.9 Å². The van der Waals surface area contributed by atoms with E-state index < -0.39 is 23.9 Å². The molecular formula is C24H21Cl2F6N3O2. The number of halogens is 8. The molecule has 0 radical (unpaired) electrons. The van der Waals surface area contributed by atoms with Gasteiger partial charge in [0.1, 0.15) is 0 Å². The molecule has 3 heterocycles. The molecule has 2 aromatic carbocycles. The fraction of sp³-hybridized carbons (Fsp3) is 0.417. The van der Waals surface area contributed by atoms with Crippen molar-refractivity contribution in [2.24, 2.45) is 5.92 Å². The molecule has 0 aliphatic carbocycles. The van der Waals surface area contributed by atoms with Gasteiger partial charge < -0.3 is 15.5 Å². The molecule has 0 spiro atoms. The van der Waals surface area contributed by atoms with E-state index in [4.69, 9.17) is 23.2 Å². The zero-order chi connectivity index (χ0) is 27.1. The summed E-state index contributed by atoms with van der Waals surface area (Å²) in [5.74, 6) is -5.46. The molecule has 5 rings (SSSR count). The third-order valence-electron chi connectivity index (χ3n) is 6.55. The summed E-state index contributed by atoms with van der Waals surface area (Å²) in [6, 6.07) is 10.4. The Morgan fingerprint density at radius 3 is 2.32 bits per heavy atom. The standard InChI is InChI=1S/C20H21Cl2N3.C4F6O2/c21-17-4-1-5-18(19(17)22)24-14-7-12-3-2-6-25-11-13-9-23-10-16(13)15(8-14)20(12)25;5-3(6,7)1(11)2(12)4(8,9)10/h1,4-5,7-8,13,16,23-24H,2-3,6,9-11H2;/t13-,16-;/m1./s1. The van der Waals surface area contributed by atoms with Crippen LogP contribution in [-0.4, -0.2) is 50.1 Å². The van der Waals surface area contributed by atoms with Gasteiger partial charge in [-0.05, 0) is 54.2 Å². The van der Waals surface area contributed by atoms with E-state index in [-0.39, 0.29) is 0 Å². The minimum Gasteiger partial charge on any atom is -0.371 e. The van der Waals surface area contributed by atoms with Gasteiger partial charge in [-0.2, -0.15) is 26.3 Å². The summed E-state index contributed by atoms with van der Waals surface area (Å²) in [5, 5.41) is 8.25. The van der Waals surface area contributed by atoms with Crippen LogP contribution in [0.5, 0.6) is 0 Å². The predicted octanol–water partition coefficient (Wildman–Crippen LogP) is 6.06. The number of rotatable bonds is 3. The third kappa shape index (κ3) is 5.83. The number of carbonyl (C=O) groups is 2. The molecule has 0 amide bonds. The average Bonchev–Trinajstić information content (AvgIpc) is 3.29. The largest absolute Gasteiger partial charge is 0.458 e. The lowest BCUT2D eigenvalue weighted by atomic mass is 9.80. The van der Waals surface area contributed by atoms with E-state index in [2.05, 4.69) is 27.7 Å². The van der Waals surface area contributed by atoms with Crippen molar-refractivity contribution in [3.8, 4) is 0 Å². The number of alkyl halides is 6. The highest BCUT2D eigenvalue weighted by Crippen LogP contribution is 2.46. The maximum absolute atomic E-state index is 11.2. The molecule has 2 atom stereocenters. The maximum atomic E-state index is 11.2. The summed E-state index contributed by atoms with van der Waals surface area (Å²) < 4.78 is 67.0. The van der Waals surface area contributed by atoms with Gasteiger partial charge in [-0.1, -0.05) is 29.3 Å². The van der Waals surface area contributed by atoms with E-state index in [1.54, 1.807) is 0 Å². The Morgan fingerprint density at radius 1 is 1.00 bits per heavy atom. The number of nitrogens with one attached hydrogen (secondary N) is 2. The number of benzene rings is 2. The first-order valence-corrected chi connectivity index (χ1v) is 12.1. The van der Waals surface area contributed by atoms with E-state index in [1.807, 2.05) is 18.2 Å². The zero-order valence-corrected chi connectivity index (χ0v) is 20.6. The van der Waals surface area contributed by atoms with Crippen molar-refractivity contribution >= 4 is 51.8 Å². The van der Waals surface area contributed by atoms with Crippen LogP contribution in [0.15, 0.2) is 30.3 Å². The number of hydrogen-bond donors (Lipinski definition) is 2. The lowest BCUT2D eigenvalue weighted by molar-refractivity contribution is -0.193. The molecule has 2 aromatic rings. The monoisotopic (exact) mass is 567 g/mol. The highest BCUT2D eigenvalue weighted by atomic mass is 35.5. The van der Waals surface area contributed by atoms with Crippen LogP contribution in [0, 0.1) is 5.92 Å². The third-order valence-corrected chi connectivity index (χ3v) is 7.37. The molecule has 2 N–H and O–H groups in total. The number of fused-ring (bicyclic) bond motifs is 2. The molecule has 3 aliphatic rings. The summed E-state index contributed by atoms with van der Waals surface area (Å²) in [5.41, 5.74) is 6.45. The van der Waals surface area contributed by atoms with Crippen molar-refractivity contribution in [2.75, 3.05) is 36.4 Å². The molecule has 0 bridgehead atoms. The zero-order valence-electron chi connectivity index (χ0n) is 19.1.